The fourth-order valence-electron chi connectivity index (χ4n) is 3.76. The molecular formula is C22H32BrNO3. The monoisotopic (exact) mass is 437 g/mol. The Morgan fingerprint density at radius 3 is 2.59 bits per heavy atom. The first kappa shape index (κ1) is 22.0. The van der Waals surface area contributed by atoms with E-state index in [-0.39, 0.29) is 11.5 Å². The topological polar surface area (TPSA) is 58.6 Å². The SMILES string of the molecule is CCC(CCNC(=O)OC(C)(C)C)(C1=CCC(O)C=C1)C1=CC=C(Br)CC1. The Kier molecular flexibility index (Phi) is 7.52. The van der Waals surface area contributed by atoms with Crippen LogP contribution in [0.4, 0.5) is 4.79 Å². The fraction of sp³-hybridized carbons (Fsp3) is 0.591. The Morgan fingerprint density at radius 2 is 2.07 bits per heavy atom. The van der Waals surface area contributed by atoms with Crippen LogP contribution in [0.15, 0.2) is 46.0 Å². The largest absolute Gasteiger partial charge is 0.444 e. The van der Waals surface area contributed by atoms with Crippen molar-refractivity contribution in [1.82, 2.24) is 5.32 Å². The highest BCUT2D eigenvalue weighted by atomic mass is 79.9. The minimum absolute atomic E-state index is 0.143. The molecule has 0 radical (unpaired) electrons. The van der Waals surface area contributed by atoms with Crippen LogP contribution in [0.25, 0.3) is 0 Å². The summed E-state index contributed by atoms with van der Waals surface area (Å²) < 4.78 is 6.58. The number of carbonyl (C=O) groups is 1. The lowest BCUT2D eigenvalue weighted by Crippen LogP contribution is -2.36. The second-order valence-corrected chi connectivity index (χ2v) is 9.26. The van der Waals surface area contributed by atoms with E-state index in [0.717, 1.165) is 25.7 Å². The van der Waals surface area contributed by atoms with Gasteiger partial charge in [-0.2, -0.15) is 0 Å². The summed E-state index contributed by atoms with van der Waals surface area (Å²) in [5.74, 6) is 0. The molecule has 150 valence electrons. The predicted octanol–water partition coefficient (Wildman–Crippen LogP) is 5.54. The lowest BCUT2D eigenvalue weighted by atomic mass is 9.66. The van der Waals surface area contributed by atoms with Gasteiger partial charge in [0.2, 0.25) is 0 Å². The van der Waals surface area contributed by atoms with Gasteiger partial charge in [-0.1, -0.05) is 58.8 Å². The number of ether oxygens (including phenoxy) is 1. The Balaban J connectivity index is 2.20. The standard InChI is InChI=1S/C22H32BrNO3/c1-5-22(16-6-10-18(23)11-7-16,17-8-12-19(25)13-9-17)14-15-24-20(26)27-21(2,3)4/h6,8-10,12,19,25H,5,7,11,13-15H2,1-4H3,(H,24,26). The van der Waals surface area contributed by atoms with E-state index in [1.54, 1.807) is 0 Å². The minimum Gasteiger partial charge on any atom is -0.444 e. The Labute approximate surface area is 171 Å². The summed E-state index contributed by atoms with van der Waals surface area (Å²) in [5, 5.41) is 12.7. The molecule has 0 aromatic heterocycles. The first-order chi connectivity index (χ1) is 12.7. The molecular weight excluding hydrogens is 406 g/mol. The number of halogens is 1. The van der Waals surface area contributed by atoms with Gasteiger partial charge in [0.25, 0.3) is 0 Å². The summed E-state index contributed by atoms with van der Waals surface area (Å²) in [4.78, 5) is 12.0. The molecule has 27 heavy (non-hydrogen) atoms. The van der Waals surface area contributed by atoms with E-state index in [9.17, 15) is 9.90 Å². The molecule has 2 N–H and O–H groups in total. The number of hydrogen-bond acceptors (Lipinski definition) is 3. The highest BCUT2D eigenvalue weighted by Crippen LogP contribution is 2.47. The van der Waals surface area contributed by atoms with Gasteiger partial charge in [0.15, 0.2) is 0 Å². The average molecular weight is 438 g/mol. The normalized spacial score (nSPS) is 22.3. The first-order valence-corrected chi connectivity index (χ1v) is 10.5. The maximum absolute atomic E-state index is 12.0. The van der Waals surface area contributed by atoms with Crippen molar-refractivity contribution in [3.8, 4) is 0 Å². The summed E-state index contributed by atoms with van der Waals surface area (Å²) in [5.41, 5.74) is 1.97. The molecule has 1 amide bonds. The van der Waals surface area contributed by atoms with Crippen LogP contribution in [-0.2, 0) is 4.74 Å². The lowest BCUT2D eigenvalue weighted by molar-refractivity contribution is 0.0523. The molecule has 2 aliphatic carbocycles. The van der Waals surface area contributed by atoms with Gasteiger partial charge in [0.1, 0.15) is 5.60 Å². The summed E-state index contributed by atoms with van der Waals surface area (Å²) in [6.07, 6.45) is 14.0. The summed E-state index contributed by atoms with van der Waals surface area (Å²) in [6.45, 7) is 8.33. The van der Waals surface area contributed by atoms with Crippen molar-refractivity contribution in [2.75, 3.05) is 6.54 Å². The van der Waals surface area contributed by atoms with Crippen LogP contribution in [0, 0.1) is 5.41 Å². The Hall–Kier alpha value is -1.33. The van der Waals surface area contributed by atoms with Gasteiger partial charge in [-0.05, 0) is 62.9 Å². The van der Waals surface area contributed by atoms with Crippen molar-refractivity contribution in [3.63, 3.8) is 0 Å². The number of aliphatic hydroxyl groups is 1. The molecule has 0 aromatic carbocycles. The molecule has 0 bridgehead atoms. The first-order valence-electron chi connectivity index (χ1n) is 9.76. The number of alkyl carbamates (subject to hydrolysis) is 1. The summed E-state index contributed by atoms with van der Waals surface area (Å²) >= 11 is 3.59. The van der Waals surface area contributed by atoms with Gasteiger partial charge in [-0.15, -0.1) is 0 Å². The zero-order chi connectivity index (χ0) is 20.1. The third-order valence-electron chi connectivity index (χ3n) is 5.17. The van der Waals surface area contributed by atoms with Crippen LogP contribution in [0.2, 0.25) is 0 Å². The molecule has 2 rings (SSSR count). The number of aliphatic hydroxyl groups excluding tert-OH is 1. The van der Waals surface area contributed by atoms with Crippen LogP contribution >= 0.6 is 15.9 Å². The molecule has 0 saturated carbocycles. The van der Waals surface area contributed by atoms with Crippen LogP contribution in [0.5, 0.6) is 0 Å². The fourth-order valence-corrected chi connectivity index (χ4v) is 4.10. The quantitative estimate of drug-likeness (QED) is 0.572. The van der Waals surface area contributed by atoms with Gasteiger partial charge in [-0.25, -0.2) is 4.79 Å². The third-order valence-corrected chi connectivity index (χ3v) is 5.83. The lowest BCUT2D eigenvalue weighted by Gasteiger charge is -2.39. The van der Waals surface area contributed by atoms with E-state index >= 15 is 0 Å². The molecule has 4 nitrogen and oxygen atoms in total. The van der Waals surface area contributed by atoms with E-state index in [1.807, 2.05) is 26.8 Å². The van der Waals surface area contributed by atoms with Crippen molar-refractivity contribution < 1.29 is 14.6 Å². The molecule has 0 aliphatic heterocycles. The van der Waals surface area contributed by atoms with Crippen molar-refractivity contribution in [2.45, 2.75) is 71.5 Å². The highest BCUT2D eigenvalue weighted by Gasteiger charge is 2.36. The zero-order valence-electron chi connectivity index (χ0n) is 16.8. The number of rotatable bonds is 6. The van der Waals surface area contributed by atoms with E-state index in [4.69, 9.17) is 4.74 Å². The van der Waals surface area contributed by atoms with Crippen molar-refractivity contribution in [2.24, 2.45) is 5.41 Å². The molecule has 0 spiro atoms. The average Bonchev–Trinajstić information content (AvgIpc) is 2.59. The van der Waals surface area contributed by atoms with Gasteiger partial charge < -0.3 is 15.2 Å². The number of hydrogen-bond donors (Lipinski definition) is 2. The van der Waals surface area contributed by atoms with Gasteiger partial charge in [-0.3, -0.25) is 0 Å². The smallest absolute Gasteiger partial charge is 0.407 e. The Morgan fingerprint density at radius 1 is 1.33 bits per heavy atom. The predicted molar refractivity (Wildman–Crippen MR) is 114 cm³/mol. The van der Waals surface area contributed by atoms with E-state index in [0.29, 0.717) is 13.0 Å². The Bertz CT molecular complexity index is 670. The van der Waals surface area contributed by atoms with E-state index in [1.165, 1.54) is 15.6 Å². The van der Waals surface area contributed by atoms with Gasteiger partial charge in [0, 0.05) is 12.0 Å². The van der Waals surface area contributed by atoms with Crippen molar-refractivity contribution >= 4 is 22.0 Å². The van der Waals surface area contributed by atoms with Gasteiger partial charge in [0.05, 0.1) is 6.10 Å². The maximum Gasteiger partial charge on any atom is 0.407 e. The second-order valence-electron chi connectivity index (χ2n) is 8.24. The molecule has 2 unspecified atom stereocenters. The minimum atomic E-state index is -0.500. The third kappa shape index (κ3) is 6.08. The van der Waals surface area contributed by atoms with Gasteiger partial charge >= 0.3 is 6.09 Å². The highest BCUT2D eigenvalue weighted by molar-refractivity contribution is 9.11. The van der Waals surface area contributed by atoms with E-state index in [2.05, 4.69) is 52.5 Å². The van der Waals surface area contributed by atoms with Crippen molar-refractivity contribution in [3.05, 3.63) is 46.0 Å². The molecule has 5 heteroatoms. The molecule has 0 fully saturated rings. The summed E-state index contributed by atoms with van der Waals surface area (Å²) in [6, 6.07) is 0. The molecule has 0 heterocycles. The number of carbonyl (C=O) groups excluding carboxylic acids is 1. The van der Waals surface area contributed by atoms with Crippen LogP contribution in [0.3, 0.4) is 0 Å². The van der Waals surface area contributed by atoms with Crippen molar-refractivity contribution in [1.29, 1.82) is 0 Å². The maximum atomic E-state index is 12.0. The number of nitrogens with one attached hydrogen (secondary N) is 1. The number of amides is 1. The second kappa shape index (κ2) is 9.24. The number of allylic oxidation sites excluding steroid dienone is 6. The zero-order valence-corrected chi connectivity index (χ0v) is 18.4. The molecule has 0 aromatic rings. The van der Waals surface area contributed by atoms with Crippen LogP contribution in [0.1, 0.15) is 59.8 Å². The van der Waals surface area contributed by atoms with Crippen LogP contribution < -0.4 is 5.32 Å². The summed E-state index contributed by atoms with van der Waals surface area (Å²) in [7, 11) is 0. The molecule has 0 saturated heterocycles. The van der Waals surface area contributed by atoms with Crippen LogP contribution in [-0.4, -0.2) is 29.4 Å². The van der Waals surface area contributed by atoms with E-state index < -0.39 is 11.7 Å². The molecule has 2 aliphatic rings. The molecule has 2 atom stereocenters.